The fraction of sp³-hybridized carbons (Fsp3) is 0.0435. The number of carbonyl (C=O) groups excluding carboxylic acids is 1. The van der Waals surface area contributed by atoms with Gasteiger partial charge in [0.05, 0.1) is 28.7 Å². The van der Waals surface area contributed by atoms with Crippen molar-refractivity contribution < 1.29 is 13.2 Å². The highest BCUT2D eigenvalue weighted by molar-refractivity contribution is 7.92. The molecule has 4 aromatic rings. The van der Waals surface area contributed by atoms with E-state index in [1.54, 1.807) is 59.5 Å². The molecule has 0 aliphatic carbocycles. The van der Waals surface area contributed by atoms with Gasteiger partial charge in [-0.3, -0.25) is 9.52 Å². The summed E-state index contributed by atoms with van der Waals surface area (Å²) < 4.78 is 29.0. The van der Waals surface area contributed by atoms with Gasteiger partial charge in [-0.25, -0.2) is 13.1 Å². The summed E-state index contributed by atoms with van der Waals surface area (Å²) in [6.45, 7) is 2.01. The van der Waals surface area contributed by atoms with E-state index in [-0.39, 0.29) is 10.8 Å². The van der Waals surface area contributed by atoms with Crippen molar-refractivity contribution >= 4 is 27.3 Å². The zero-order chi connectivity index (χ0) is 21.8. The Labute approximate surface area is 180 Å². The molecule has 1 amide bonds. The summed E-state index contributed by atoms with van der Waals surface area (Å²) in [6, 6.07) is 22.2. The van der Waals surface area contributed by atoms with Crippen LogP contribution >= 0.6 is 0 Å². The number of nitrogens with zero attached hydrogens (tertiary/aromatic N) is 2. The molecular weight excluding hydrogens is 412 g/mol. The Hall–Kier alpha value is -3.91. The minimum Gasteiger partial charge on any atom is -0.319 e. The van der Waals surface area contributed by atoms with E-state index in [2.05, 4.69) is 15.1 Å². The average molecular weight is 433 g/mol. The molecule has 0 saturated carbocycles. The molecule has 156 valence electrons. The quantitative estimate of drug-likeness (QED) is 0.477. The Morgan fingerprint density at radius 3 is 2.23 bits per heavy atom. The van der Waals surface area contributed by atoms with Crippen molar-refractivity contribution in [2.75, 3.05) is 10.0 Å². The Morgan fingerprint density at radius 1 is 0.871 bits per heavy atom. The first-order valence-corrected chi connectivity index (χ1v) is 11.0. The van der Waals surface area contributed by atoms with Gasteiger partial charge in [0, 0.05) is 11.3 Å². The molecule has 3 aromatic carbocycles. The maximum Gasteiger partial charge on any atom is 0.261 e. The number of nitrogens with one attached hydrogen (secondary N) is 2. The smallest absolute Gasteiger partial charge is 0.261 e. The maximum atomic E-state index is 12.5. The summed E-state index contributed by atoms with van der Waals surface area (Å²) >= 11 is 0. The Bertz CT molecular complexity index is 1300. The monoisotopic (exact) mass is 432 g/mol. The van der Waals surface area contributed by atoms with Crippen molar-refractivity contribution in [3.05, 3.63) is 102 Å². The van der Waals surface area contributed by atoms with Crippen molar-refractivity contribution in [2.45, 2.75) is 11.8 Å². The van der Waals surface area contributed by atoms with Gasteiger partial charge < -0.3 is 5.32 Å². The molecule has 1 aromatic heterocycles. The number of benzene rings is 3. The molecule has 1 heterocycles. The molecule has 2 N–H and O–H groups in total. The van der Waals surface area contributed by atoms with Crippen LogP contribution in [0.4, 0.5) is 11.4 Å². The van der Waals surface area contributed by atoms with E-state index in [9.17, 15) is 13.2 Å². The zero-order valence-electron chi connectivity index (χ0n) is 16.7. The molecule has 7 nitrogen and oxygen atoms in total. The molecule has 0 aliphatic heterocycles. The first-order chi connectivity index (χ1) is 14.9. The van der Waals surface area contributed by atoms with Crippen LogP contribution in [0.1, 0.15) is 15.9 Å². The van der Waals surface area contributed by atoms with E-state index < -0.39 is 10.0 Å². The van der Waals surface area contributed by atoms with E-state index in [0.29, 0.717) is 16.9 Å². The van der Waals surface area contributed by atoms with Gasteiger partial charge in [0.1, 0.15) is 0 Å². The van der Waals surface area contributed by atoms with Crippen LogP contribution < -0.4 is 10.0 Å². The van der Waals surface area contributed by atoms with Crippen LogP contribution in [-0.2, 0) is 10.0 Å². The minimum absolute atomic E-state index is 0.169. The van der Waals surface area contributed by atoms with Crippen LogP contribution in [0.15, 0.2) is 96.2 Å². The second-order valence-corrected chi connectivity index (χ2v) is 8.64. The van der Waals surface area contributed by atoms with Crippen LogP contribution in [0, 0.1) is 6.92 Å². The molecule has 0 aliphatic rings. The van der Waals surface area contributed by atoms with E-state index in [0.717, 1.165) is 11.3 Å². The molecule has 0 atom stereocenters. The average Bonchev–Trinajstić information content (AvgIpc) is 3.23. The van der Waals surface area contributed by atoms with Crippen LogP contribution in [0.5, 0.6) is 0 Å². The number of aromatic nitrogens is 2. The van der Waals surface area contributed by atoms with Crippen molar-refractivity contribution in [3.8, 4) is 5.69 Å². The van der Waals surface area contributed by atoms with Crippen molar-refractivity contribution in [1.29, 1.82) is 0 Å². The molecule has 0 radical (unpaired) electrons. The van der Waals surface area contributed by atoms with Gasteiger partial charge >= 0.3 is 0 Å². The Kier molecular flexibility index (Phi) is 5.55. The summed E-state index contributed by atoms with van der Waals surface area (Å²) in [4.78, 5) is 12.7. The molecule has 4 rings (SSSR count). The molecule has 31 heavy (non-hydrogen) atoms. The van der Waals surface area contributed by atoms with Crippen LogP contribution in [0.2, 0.25) is 0 Å². The summed E-state index contributed by atoms with van der Waals surface area (Å²) in [5.74, 6) is -0.319. The number of aryl methyl sites for hydroxylation is 1. The molecule has 0 spiro atoms. The van der Waals surface area contributed by atoms with Gasteiger partial charge in [0.15, 0.2) is 0 Å². The predicted molar refractivity (Wildman–Crippen MR) is 120 cm³/mol. The lowest BCUT2D eigenvalue weighted by atomic mass is 10.2. The lowest BCUT2D eigenvalue weighted by Crippen LogP contribution is -2.14. The molecule has 0 unspecified atom stereocenters. The normalized spacial score (nSPS) is 11.1. The number of carbonyl (C=O) groups is 1. The van der Waals surface area contributed by atoms with Crippen molar-refractivity contribution in [1.82, 2.24) is 9.78 Å². The van der Waals surface area contributed by atoms with Crippen LogP contribution in [-0.4, -0.2) is 24.1 Å². The van der Waals surface area contributed by atoms with Gasteiger partial charge in [-0.05, 0) is 55.5 Å². The molecule has 0 saturated heterocycles. The predicted octanol–water partition coefficient (Wildman–Crippen LogP) is 4.23. The second kappa shape index (κ2) is 8.45. The van der Waals surface area contributed by atoms with Gasteiger partial charge in [-0.15, -0.1) is 0 Å². The Balaban J connectivity index is 1.42. The number of sulfonamides is 1. The van der Waals surface area contributed by atoms with Crippen LogP contribution in [0.25, 0.3) is 5.69 Å². The van der Waals surface area contributed by atoms with Gasteiger partial charge in [0.25, 0.3) is 15.9 Å². The largest absolute Gasteiger partial charge is 0.319 e. The molecule has 0 bridgehead atoms. The standard InChI is InChI=1S/C23H20N4O3S/c1-17-7-13-21(14-8-17)27-16-20(15-24-27)25-23(28)18-9-11-19(12-10-18)26-31(29,30)22-5-3-2-4-6-22/h2-16,26H,1H3,(H,25,28). The minimum atomic E-state index is -3.68. The zero-order valence-corrected chi connectivity index (χ0v) is 17.5. The van der Waals surface area contributed by atoms with Gasteiger partial charge in [-0.2, -0.15) is 5.10 Å². The highest BCUT2D eigenvalue weighted by atomic mass is 32.2. The van der Waals surface area contributed by atoms with Crippen molar-refractivity contribution in [2.24, 2.45) is 0 Å². The topological polar surface area (TPSA) is 93.1 Å². The first kappa shape index (κ1) is 20.4. The van der Waals surface area contributed by atoms with E-state index >= 15 is 0 Å². The molecule has 0 fully saturated rings. The van der Waals surface area contributed by atoms with E-state index in [4.69, 9.17) is 0 Å². The van der Waals surface area contributed by atoms with Gasteiger partial charge in [-0.1, -0.05) is 35.9 Å². The molecule has 8 heteroatoms. The lowest BCUT2D eigenvalue weighted by molar-refractivity contribution is 0.102. The summed E-state index contributed by atoms with van der Waals surface area (Å²) in [7, 11) is -3.68. The summed E-state index contributed by atoms with van der Waals surface area (Å²) in [6.07, 6.45) is 3.30. The maximum absolute atomic E-state index is 12.5. The first-order valence-electron chi connectivity index (χ1n) is 9.52. The molecular formula is C23H20N4O3S. The highest BCUT2D eigenvalue weighted by Crippen LogP contribution is 2.18. The van der Waals surface area contributed by atoms with E-state index in [1.807, 2.05) is 31.2 Å². The fourth-order valence-corrected chi connectivity index (χ4v) is 4.01. The number of anilines is 2. The van der Waals surface area contributed by atoms with Crippen molar-refractivity contribution in [3.63, 3.8) is 0 Å². The lowest BCUT2D eigenvalue weighted by Gasteiger charge is -2.09. The highest BCUT2D eigenvalue weighted by Gasteiger charge is 2.14. The summed E-state index contributed by atoms with van der Waals surface area (Å²) in [5.41, 5.74) is 3.36. The third-order valence-electron chi connectivity index (χ3n) is 4.59. The van der Waals surface area contributed by atoms with Gasteiger partial charge in [0.2, 0.25) is 0 Å². The number of hydrogen-bond donors (Lipinski definition) is 2. The number of hydrogen-bond acceptors (Lipinski definition) is 4. The fourth-order valence-electron chi connectivity index (χ4n) is 2.93. The van der Waals surface area contributed by atoms with E-state index in [1.165, 1.54) is 12.1 Å². The third kappa shape index (κ3) is 4.81. The third-order valence-corrected chi connectivity index (χ3v) is 5.99. The number of amides is 1. The SMILES string of the molecule is Cc1ccc(-n2cc(NC(=O)c3ccc(NS(=O)(=O)c4ccccc4)cc3)cn2)cc1. The number of rotatable bonds is 6. The summed E-state index contributed by atoms with van der Waals surface area (Å²) in [5, 5.41) is 7.06. The second-order valence-electron chi connectivity index (χ2n) is 6.96. The van der Waals surface area contributed by atoms with Crippen LogP contribution in [0.3, 0.4) is 0 Å². The Morgan fingerprint density at radius 2 is 1.55 bits per heavy atom.